The minimum atomic E-state index is -0.507. The van der Waals surface area contributed by atoms with Gasteiger partial charge in [0.05, 0.1) is 22.3 Å². The van der Waals surface area contributed by atoms with Gasteiger partial charge in [-0.15, -0.1) is 10.2 Å². The summed E-state index contributed by atoms with van der Waals surface area (Å²) < 4.78 is 17.1. The molecule has 2 heterocycles. The van der Waals surface area contributed by atoms with Gasteiger partial charge in [-0.2, -0.15) is 0 Å². The second-order valence-electron chi connectivity index (χ2n) is 7.41. The molecule has 4 aromatic rings. The van der Waals surface area contributed by atoms with E-state index >= 15 is 0 Å². The van der Waals surface area contributed by atoms with Crippen molar-refractivity contribution in [3.63, 3.8) is 0 Å². The van der Waals surface area contributed by atoms with Crippen molar-refractivity contribution in [1.29, 1.82) is 0 Å². The summed E-state index contributed by atoms with van der Waals surface area (Å²) in [4.78, 5) is 25.4. The number of nitrogens with one attached hydrogen (secondary N) is 1. The van der Waals surface area contributed by atoms with Crippen LogP contribution in [0.2, 0.25) is 5.02 Å². The van der Waals surface area contributed by atoms with E-state index in [1.807, 2.05) is 13.8 Å². The molecule has 10 heteroatoms. The Kier molecular flexibility index (Phi) is 5.97. The molecule has 0 atom stereocenters. The SMILES string of the molecule is CC(C)Cn1c(=O)c2ccc(Cl)cc2n2c(SCC(=O)Nc3ccccc3F)nnc12. The molecule has 2 aromatic carbocycles. The summed E-state index contributed by atoms with van der Waals surface area (Å²) in [6, 6.07) is 11.0. The fourth-order valence-corrected chi connectivity index (χ4v) is 4.16. The van der Waals surface area contributed by atoms with Crippen LogP contribution in [0.4, 0.5) is 10.1 Å². The van der Waals surface area contributed by atoms with Crippen LogP contribution in [0, 0.1) is 11.7 Å². The lowest BCUT2D eigenvalue weighted by atomic mass is 10.2. The van der Waals surface area contributed by atoms with Crippen LogP contribution in [0.25, 0.3) is 16.7 Å². The van der Waals surface area contributed by atoms with Crippen LogP contribution in [0.3, 0.4) is 0 Å². The van der Waals surface area contributed by atoms with Crippen LogP contribution in [-0.2, 0) is 11.3 Å². The van der Waals surface area contributed by atoms with Crippen molar-refractivity contribution >= 4 is 51.6 Å². The van der Waals surface area contributed by atoms with Gasteiger partial charge in [0.1, 0.15) is 5.82 Å². The Labute approximate surface area is 186 Å². The minimum Gasteiger partial charge on any atom is -0.323 e. The van der Waals surface area contributed by atoms with Gasteiger partial charge in [-0.3, -0.25) is 18.6 Å². The van der Waals surface area contributed by atoms with Gasteiger partial charge in [0.25, 0.3) is 5.56 Å². The van der Waals surface area contributed by atoms with Crippen molar-refractivity contribution in [3.8, 4) is 0 Å². The van der Waals surface area contributed by atoms with E-state index in [0.717, 1.165) is 11.8 Å². The number of aromatic nitrogens is 4. The summed E-state index contributed by atoms with van der Waals surface area (Å²) in [5.41, 5.74) is 0.505. The van der Waals surface area contributed by atoms with E-state index in [1.165, 1.54) is 12.1 Å². The zero-order valence-corrected chi connectivity index (χ0v) is 18.4. The predicted octanol–water partition coefficient (Wildman–Crippen LogP) is 4.22. The first-order valence-corrected chi connectivity index (χ1v) is 11.0. The molecule has 0 spiro atoms. The lowest BCUT2D eigenvalue weighted by Crippen LogP contribution is -2.25. The molecule has 0 radical (unpaired) electrons. The van der Waals surface area contributed by atoms with E-state index in [9.17, 15) is 14.0 Å². The second-order valence-corrected chi connectivity index (χ2v) is 8.78. The normalized spacial score (nSPS) is 11.5. The van der Waals surface area contributed by atoms with Crippen LogP contribution in [0.1, 0.15) is 13.8 Å². The van der Waals surface area contributed by atoms with Gasteiger partial charge in [0.15, 0.2) is 5.16 Å². The number of hydrogen-bond acceptors (Lipinski definition) is 5. The summed E-state index contributed by atoms with van der Waals surface area (Å²) in [7, 11) is 0. The molecule has 2 aromatic heterocycles. The maximum atomic E-state index is 13.8. The summed E-state index contributed by atoms with van der Waals surface area (Å²) in [6.45, 7) is 4.49. The van der Waals surface area contributed by atoms with Crippen molar-refractivity contribution in [2.24, 2.45) is 5.92 Å². The number of benzene rings is 2. The quantitative estimate of drug-likeness (QED) is 0.436. The summed E-state index contributed by atoms with van der Waals surface area (Å²) in [5, 5.41) is 12.3. The van der Waals surface area contributed by atoms with E-state index < -0.39 is 5.82 Å². The molecule has 0 fully saturated rings. The van der Waals surface area contributed by atoms with Crippen LogP contribution in [0.15, 0.2) is 52.4 Å². The van der Waals surface area contributed by atoms with Crippen molar-refractivity contribution in [3.05, 3.63) is 63.7 Å². The largest absolute Gasteiger partial charge is 0.323 e. The lowest BCUT2D eigenvalue weighted by molar-refractivity contribution is -0.113. The van der Waals surface area contributed by atoms with Crippen LogP contribution in [-0.4, -0.2) is 30.8 Å². The average molecular weight is 460 g/mol. The Balaban J connectivity index is 1.72. The van der Waals surface area contributed by atoms with Gasteiger partial charge in [0.2, 0.25) is 11.7 Å². The highest BCUT2D eigenvalue weighted by Crippen LogP contribution is 2.24. The summed E-state index contributed by atoms with van der Waals surface area (Å²) >= 11 is 7.32. The van der Waals surface area contributed by atoms with Gasteiger partial charge in [-0.05, 0) is 36.2 Å². The van der Waals surface area contributed by atoms with Crippen molar-refractivity contribution in [2.75, 3.05) is 11.1 Å². The first-order valence-electron chi connectivity index (χ1n) is 9.59. The standard InChI is InChI=1S/C21H19ClFN5O2S/c1-12(2)10-27-19(30)14-8-7-13(22)9-17(14)28-20(27)25-26-21(28)31-11-18(29)24-16-6-4-3-5-15(16)23/h3-9,12H,10-11H2,1-2H3,(H,24,29). The average Bonchev–Trinajstić information content (AvgIpc) is 3.15. The third kappa shape index (κ3) is 4.28. The van der Waals surface area contributed by atoms with E-state index in [4.69, 9.17) is 11.6 Å². The Hall–Kier alpha value is -2.91. The van der Waals surface area contributed by atoms with E-state index in [0.29, 0.717) is 33.4 Å². The predicted molar refractivity (Wildman–Crippen MR) is 120 cm³/mol. The van der Waals surface area contributed by atoms with Gasteiger partial charge in [-0.1, -0.05) is 49.3 Å². The molecule has 7 nitrogen and oxygen atoms in total. The van der Waals surface area contributed by atoms with Crippen LogP contribution in [0.5, 0.6) is 0 Å². The molecule has 0 aliphatic rings. The number of anilines is 1. The first kappa shape index (κ1) is 21.3. The van der Waals surface area contributed by atoms with Gasteiger partial charge in [-0.25, -0.2) is 4.39 Å². The van der Waals surface area contributed by atoms with Crippen LogP contribution < -0.4 is 10.9 Å². The highest BCUT2D eigenvalue weighted by Gasteiger charge is 2.19. The van der Waals surface area contributed by atoms with Gasteiger partial charge in [0, 0.05) is 11.6 Å². The number of hydrogen-bond donors (Lipinski definition) is 1. The van der Waals surface area contributed by atoms with E-state index in [1.54, 1.807) is 39.3 Å². The minimum absolute atomic E-state index is 0.0134. The molecule has 1 amide bonds. The number of fused-ring (bicyclic) bond motifs is 3. The number of carbonyl (C=O) groups is 1. The summed E-state index contributed by atoms with van der Waals surface area (Å²) in [5.74, 6) is -0.312. The Morgan fingerprint density at radius 3 is 2.74 bits per heavy atom. The van der Waals surface area contributed by atoms with Gasteiger partial charge >= 0.3 is 0 Å². The number of nitrogens with zero attached hydrogens (tertiary/aromatic N) is 4. The molecule has 31 heavy (non-hydrogen) atoms. The molecule has 4 rings (SSSR count). The fourth-order valence-electron chi connectivity index (χ4n) is 3.26. The van der Waals surface area contributed by atoms with Crippen LogP contribution >= 0.6 is 23.4 Å². The molecule has 0 aliphatic heterocycles. The number of halogens is 2. The number of amides is 1. The molecule has 1 N–H and O–H groups in total. The maximum Gasteiger partial charge on any atom is 0.262 e. The zero-order chi connectivity index (χ0) is 22.1. The highest BCUT2D eigenvalue weighted by atomic mass is 35.5. The Bertz CT molecular complexity index is 1350. The molecular weight excluding hydrogens is 441 g/mol. The number of carbonyl (C=O) groups excluding carboxylic acids is 1. The Morgan fingerprint density at radius 2 is 2.00 bits per heavy atom. The number of thioether (sulfide) groups is 1. The number of para-hydroxylation sites is 1. The second kappa shape index (κ2) is 8.68. The molecular formula is C21H19ClFN5O2S. The maximum absolute atomic E-state index is 13.8. The third-order valence-electron chi connectivity index (χ3n) is 4.56. The highest BCUT2D eigenvalue weighted by molar-refractivity contribution is 7.99. The summed E-state index contributed by atoms with van der Waals surface area (Å²) in [6.07, 6.45) is 0. The van der Waals surface area contributed by atoms with Gasteiger partial charge < -0.3 is 5.32 Å². The molecule has 0 unspecified atom stereocenters. The lowest BCUT2D eigenvalue weighted by Gasteiger charge is -2.13. The third-order valence-corrected chi connectivity index (χ3v) is 5.73. The van der Waals surface area contributed by atoms with E-state index in [2.05, 4.69) is 15.5 Å². The Morgan fingerprint density at radius 1 is 1.23 bits per heavy atom. The molecule has 0 saturated heterocycles. The topological polar surface area (TPSA) is 81.3 Å². The molecule has 160 valence electrons. The molecule has 0 saturated carbocycles. The monoisotopic (exact) mass is 459 g/mol. The van der Waals surface area contributed by atoms with Crippen molar-refractivity contribution in [2.45, 2.75) is 25.5 Å². The van der Waals surface area contributed by atoms with Crippen molar-refractivity contribution in [1.82, 2.24) is 19.2 Å². The fraction of sp³-hybridized carbons (Fsp3) is 0.238. The zero-order valence-electron chi connectivity index (χ0n) is 16.8. The number of rotatable bonds is 6. The van der Waals surface area contributed by atoms with Crippen molar-refractivity contribution < 1.29 is 9.18 Å². The molecule has 0 bridgehead atoms. The molecule has 0 aliphatic carbocycles. The van der Waals surface area contributed by atoms with E-state index in [-0.39, 0.29) is 28.8 Å². The smallest absolute Gasteiger partial charge is 0.262 e. The first-order chi connectivity index (χ1) is 14.8.